The van der Waals surface area contributed by atoms with E-state index in [2.05, 4.69) is 20.7 Å². The van der Waals surface area contributed by atoms with Gasteiger partial charge in [-0.15, -0.1) is 11.3 Å². The highest BCUT2D eigenvalue weighted by Gasteiger charge is 2.14. The molecule has 0 spiro atoms. The number of hydrogen-bond donors (Lipinski definition) is 1. The van der Waals surface area contributed by atoms with Crippen LogP contribution < -0.4 is 5.32 Å². The van der Waals surface area contributed by atoms with Crippen LogP contribution in [0.4, 0.5) is 5.13 Å². The van der Waals surface area contributed by atoms with Crippen LogP contribution in [0, 0.1) is 0 Å². The fourth-order valence-electron chi connectivity index (χ4n) is 2.42. The van der Waals surface area contributed by atoms with Crippen molar-refractivity contribution in [3.63, 3.8) is 0 Å². The van der Waals surface area contributed by atoms with Crippen molar-refractivity contribution >= 4 is 16.5 Å². The van der Waals surface area contributed by atoms with Gasteiger partial charge in [-0.25, -0.2) is 4.98 Å². The molecule has 2 heterocycles. The molecule has 0 aliphatic heterocycles. The summed E-state index contributed by atoms with van der Waals surface area (Å²) >= 11 is 1.70. The molecule has 3 rings (SSSR count). The van der Waals surface area contributed by atoms with E-state index in [-0.39, 0.29) is 0 Å². The second kappa shape index (κ2) is 5.48. The van der Waals surface area contributed by atoms with E-state index in [1.165, 1.54) is 32.1 Å². The summed E-state index contributed by atoms with van der Waals surface area (Å²) in [5.74, 6) is 0. The molecule has 1 N–H and O–H groups in total. The van der Waals surface area contributed by atoms with Crippen LogP contribution in [0.3, 0.4) is 0 Å². The van der Waals surface area contributed by atoms with E-state index in [1.807, 2.05) is 24.5 Å². The highest BCUT2D eigenvalue weighted by atomic mass is 32.1. The summed E-state index contributed by atoms with van der Waals surface area (Å²) in [6.45, 7) is 0. The van der Waals surface area contributed by atoms with Gasteiger partial charge in [-0.3, -0.25) is 4.98 Å². The second-order valence-electron chi connectivity index (χ2n) is 4.75. The van der Waals surface area contributed by atoms with Crippen LogP contribution in [0.15, 0.2) is 29.9 Å². The third kappa shape index (κ3) is 2.70. The first-order valence-electron chi connectivity index (χ1n) is 6.54. The van der Waals surface area contributed by atoms with E-state index in [0.717, 1.165) is 16.4 Å². The van der Waals surface area contributed by atoms with Gasteiger partial charge < -0.3 is 5.32 Å². The van der Waals surface area contributed by atoms with Crippen LogP contribution in [-0.2, 0) is 0 Å². The maximum Gasteiger partial charge on any atom is 0.183 e. The minimum atomic E-state index is 0.621. The number of rotatable bonds is 3. The smallest absolute Gasteiger partial charge is 0.183 e. The summed E-state index contributed by atoms with van der Waals surface area (Å²) in [6, 6.07) is 4.62. The van der Waals surface area contributed by atoms with Gasteiger partial charge >= 0.3 is 0 Å². The van der Waals surface area contributed by atoms with Gasteiger partial charge in [0.25, 0.3) is 0 Å². The molecule has 0 amide bonds. The Hall–Kier alpha value is -1.42. The molecule has 0 atom stereocenters. The Morgan fingerprint density at radius 3 is 2.67 bits per heavy atom. The van der Waals surface area contributed by atoms with Crippen LogP contribution in [0.1, 0.15) is 32.1 Å². The highest BCUT2D eigenvalue weighted by molar-refractivity contribution is 7.14. The predicted octanol–water partition coefficient (Wildman–Crippen LogP) is 3.95. The lowest BCUT2D eigenvalue weighted by Gasteiger charge is -2.22. The molecule has 1 saturated carbocycles. The van der Waals surface area contributed by atoms with E-state index in [1.54, 1.807) is 11.3 Å². The van der Waals surface area contributed by atoms with Gasteiger partial charge in [-0.1, -0.05) is 19.3 Å². The van der Waals surface area contributed by atoms with Crippen LogP contribution in [-0.4, -0.2) is 16.0 Å². The minimum absolute atomic E-state index is 0.621. The molecule has 1 aliphatic rings. The van der Waals surface area contributed by atoms with Crippen molar-refractivity contribution in [3.05, 3.63) is 29.9 Å². The van der Waals surface area contributed by atoms with Crippen molar-refractivity contribution in [3.8, 4) is 11.3 Å². The Morgan fingerprint density at radius 2 is 1.89 bits per heavy atom. The Kier molecular flexibility index (Phi) is 3.55. The summed E-state index contributed by atoms with van der Waals surface area (Å²) < 4.78 is 0. The van der Waals surface area contributed by atoms with Gasteiger partial charge in [-0.05, 0) is 25.0 Å². The maximum absolute atomic E-state index is 4.65. The average molecular weight is 259 g/mol. The molecular formula is C14H17N3S. The largest absolute Gasteiger partial charge is 0.359 e. The van der Waals surface area contributed by atoms with Crippen molar-refractivity contribution in [1.29, 1.82) is 0 Å². The molecule has 0 radical (unpaired) electrons. The fraction of sp³-hybridized carbons (Fsp3) is 0.429. The number of aromatic nitrogens is 2. The SMILES string of the molecule is c1cc(-c2csc(NC3CCCCC3)n2)ccn1. The summed E-state index contributed by atoms with van der Waals surface area (Å²) in [5, 5.41) is 6.72. The molecule has 0 aromatic carbocycles. The number of nitrogens with zero attached hydrogens (tertiary/aromatic N) is 2. The molecule has 0 saturated heterocycles. The Balaban J connectivity index is 1.69. The van der Waals surface area contributed by atoms with Crippen LogP contribution in [0.2, 0.25) is 0 Å². The topological polar surface area (TPSA) is 37.8 Å². The maximum atomic E-state index is 4.65. The van der Waals surface area contributed by atoms with Gasteiger partial charge in [0.15, 0.2) is 5.13 Å². The molecule has 94 valence electrons. The zero-order valence-electron chi connectivity index (χ0n) is 10.3. The number of hydrogen-bond acceptors (Lipinski definition) is 4. The van der Waals surface area contributed by atoms with E-state index >= 15 is 0 Å². The van der Waals surface area contributed by atoms with Crippen LogP contribution >= 0.6 is 11.3 Å². The van der Waals surface area contributed by atoms with Gasteiger partial charge in [-0.2, -0.15) is 0 Å². The van der Waals surface area contributed by atoms with Crippen molar-refractivity contribution < 1.29 is 0 Å². The molecule has 4 heteroatoms. The number of nitrogens with one attached hydrogen (secondary N) is 1. The Labute approximate surface area is 111 Å². The Morgan fingerprint density at radius 1 is 1.11 bits per heavy atom. The average Bonchev–Trinajstić information content (AvgIpc) is 2.89. The number of pyridine rings is 1. The van der Waals surface area contributed by atoms with E-state index in [9.17, 15) is 0 Å². The predicted molar refractivity (Wildman–Crippen MR) is 75.8 cm³/mol. The van der Waals surface area contributed by atoms with Gasteiger partial charge in [0.05, 0.1) is 5.69 Å². The van der Waals surface area contributed by atoms with Crippen molar-refractivity contribution in [1.82, 2.24) is 9.97 Å². The molecule has 18 heavy (non-hydrogen) atoms. The molecular weight excluding hydrogens is 242 g/mol. The van der Waals surface area contributed by atoms with Crippen molar-refractivity contribution in [2.45, 2.75) is 38.1 Å². The molecule has 3 nitrogen and oxygen atoms in total. The first-order valence-corrected chi connectivity index (χ1v) is 7.42. The lowest BCUT2D eigenvalue weighted by Crippen LogP contribution is -2.21. The number of thiazole rings is 1. The first-order chi connectivity index (χ1) is 8.92. The van der Waals surface area contributed by atoms with Gasteiger partial charge in [0.1, 0.15) is 0 Å². The fourth-order valence-corrected chi connectivity index (χ4v) is 3.21. The third-order valence-electron chi connectivity index (χ3n) is 3.41. The quantitative estimate of drug-likeness (QED) is 0.907. The Bertz CT molecular complexity index is 489. The monoisotopic (exact) mass is 259 g/mol. The third-order valence-corrected chi connectivity index (χ3v) is 4.19. The van der Waals surface area contributed by atoms with E-state index in [4.69, 9.17) is 0 Å². The molecule has 0 unspecified atom stereocenters. The summed E-state index contributed by atoms with van der Waals surface area (Å²) in [7, 11) is 0. The second-order valence-corrected chi connectivity index (χ2v) is 5.61. The molecule has 2 aromatic heterocycles. The molecule has 1 aliphatic carbocycles. The van der Waals surface area contributed by atoms with E-state index in [0.29, 0.717) is 6.04 Å². The lowest BCUT2D eigenvalue weighted by molar-refractivity contribution is 0.462. The summed E-state index contributed by atoms with van der Waals surface area (Å²) in [6.07, 6.45) is 10.3. The van der Waals surface area contributed by atoms with Crippen LogP contribution in [0.25, 0.3) is 11.3 Å². The molecule has 1 fully saturated rings. The molecule has 0 bridgehead atoms. The highest BCUT2D eigenvalue weighted by Crippen LogP contribution is 2.27. The summed E-state index contributed by atoms with van der Waals surface area (Å²) in [4.78, 5) is 8.69. The normalized spacial score (nSPS) is 16.7. The minimum Gasteiger partial charge on any atom is -0.359 e. The number of anilines is 1. The van der Waals surface area contributed by atoms with Crippen molar-refractivity contribution in [2.24, 2.45) is 0 Å². The first kappa shape index (κ1) is 11.7. The van der Waals surface area contributed by atoms with E-state index < -0.39 is 0 Å². The van der Waals surface area contributed by atoms with Gasteiger partial charge in [0.2, 0.25) is 0 Å². The van der Waals surface area contributed by atoms with Crippen LogP contribution in [0.5, 0.6) is 0 Å². The zero-order chi connectivity index (χ0) is 12.2. The standard InChI is InChI=1S/C14H17N3S/c1-2-4-12(5-3-1)16-14-17-13(10-18-14)11-6-8-15-9-7-11/h6-10,12H,1-5H2,(H,16,17). The molecule has 2 aromatic rings. The van der Waals surface area contributed by atoms with Crippen molar-refractivity contribution in [2.75, 3.05) is 5.32 Å². The van der Waals surface area contributed by atoms with Gasteiger partial charge in [0, 0.05) is 29.4 Å². The zero-order valence-corrected chi connectivity index (χ0v) is 11.1. The summed E-state index contributed by atoms with van der Waals surface area (Å²) in [5.41, 5.74) is 2.18. The lowest BCUT2D eigenvalue weighted by atomic mass is 9.96.